The predicted octanol–water partition coefficient (Wildman–Crippen LogP) is 7.59. The minimum absolute atomic E-state index is 0.170. The monoisotopic (exact) mass is 626 g/mol. The van der Waals surface area contributed by atoms with Crippen LogP contribution in [0.15, 0.2) is 24.3 Å². The maximum Gasteiger partial charge on any atom is 0.339 e. The predicted molar refractivity (Wildman–Crippen MR) is 171 cm³/mol. The number of esters is 2. The van der Waals surface area contributed by atoms with Crippen molar-refractivity contribution in [2.45, 2.75) is 90.9 Å². The molecule has 0 bridgehead atoms. The number of aliphatic carboxylic acids is 2. The second-order valence-corrected chi connectivity index (χ2v) is 12.8. The second-order valence-electron chi connectivity index (χ2n) is 10.4. The van der Waals surface area contributed by atoms with Crippen LogP contribution in [0.4, 0.5) is 0 Å². The molecule has 8 nitrogen and oxygen atoms in total. The van der Waals surface area contributed by atoms with Gasteiger partial charge < -0.3 is 19.7 Å². The van der Waals surface area contributed by atoms with E-state index in [1.54, 1.807) is 47.8 Å². The van der Waals surface area contributed by atoms with Crippen molar-refractivity contribution in [2.24, 2.45) is 11.8 Å². The first-order valence-electron chi connectivity index (χ1n) is 15.4. The summed E-state index contributed by atoms with van der Waals surface area (Å²) in [6, 6.07) is 6.44. The fraction of sp³-hybridized carbons (Fsp3) is 0.688. The van der Waals surface area contributed by atoms with Gasteiger partial charge in [-0.2, -0.15) is 23.5 Å². The summed E-state index contributed by atoms with van der Waals surface area (Å²) < 4.78 is 10.8. The minimum Gasteiger partial charge on any atom is -0.481 e. The molecule has 10 heteroatoms. The molecule has 0 heterocycles. The number of benzene rings is 1. The average molecular weight is 627 g/mol. The van der Waals surface area contributed by atoms with Crippen molar-refractivity contribution in [1.29, 1.82) is 0 Å². The fourth-order valence-electron chi connectivity index (χ4n) is 4.37. The summed E-state index contributed by atoms with van der Waals surface area (Å²) in [6.07, 6.45) is 10.1. The quantitative estimate of drug-likeness (QED) is 0.0784. The molecule has 238 valence electrons. The molecule has 0 aliphatic heterocycles. The van der Waals surface area contributed by atoms with Crippen LogP contribution in [0.3, 0.4) is 0 Å². The maximum absolute atomic E-state index is 12.6. The lowest BCUT2D eigenvalue weighted by molar-refractivity contribution is -0.143. The Morgan fingerprint density at radius 3 is 1.38 bits per heavy atom. The Morgan fingerprint density at radius 2 is 1.02 bits per heavy atom. The summed E-state index contributed by atoms with van der Waals surface area (Å²) in [5.74, 6) is -0.168. The molecule has 2 atom stereocenters. The molecule has 1 aromatic rings. The van der Waals surface area contributed by atoms with Gasteiger partial charge in [0, 0.05) is 0 Å². The zero-order valence-electron chi connectivity index (χ0n) is 25.4. The Labute approximate surface area is 260 Å². The highest BCUT2D eigenvalue weighted by Gasteiger charge is 2.20. The van der Waals surface area contributed by atoms with Crippen molar-refractivity contribution in [3.05, 3.63) is 35.4 Å². The standard InChI is InChI=1S/C32H50O8S2/c1-3-5-7-13-25(29(33)34)17-23-41-21-11-19-39-31(37)27-15-9-10-16-28(27)32(38)40-20-12-22-42-24-18-26(30(35)36)14-8-6-4-2/h9-10,15-16,25-26H,3-8,11-14,17-24H2,1-2H3,(H,33,34)(H,35,36). The zero-order valence-corrected chi connectivity index (χ0v) is 27.0. The van der Waals surface area contributed by atoms with E-state index in [4.69, 9.17) is 9.47 Å². The Balaban J connectivity index is 2.30. The van der Waals surface area contributed by atoms with Gasteiger partial charge in [0.15, 0.2) is 0 Å². The normalized spacial score (nSPS) is 12.4. The van der Waals surface area contributed by atoms with Crippen molar-refractivity contribution in [3.8, 4) is 0 Å². The van der Waals surface area contributed by atoms with Gasteiger partial charge in [0.1, 0.15) is 0 Å². The number of carboxylic acid groups (broad SMARTS) is 2. The lowest BCUT2D eigenvalue weighted by atomic mass is 9.99. The van der Waals surface area contributed by atoms with Crippen molar-refractivity contribution in [3.63, 3.8) is 0 Å². The van der Waals surface area contributed by atoms with E-state index in [-0.39, 0.29) is 36.2 Å². The molecule has 1 aromatic carbocycles. The van der Waals surface area contributed by atoms with Crippen molar-refractivity contribution in [2.75, 3.05) is 36.2 Å². The Morgan fingerprint density at radius 1 is 0.619 bits per heavy atom. The maximum atomic E-state index is 12.6. The number of carbonyl (C=O) groups excluding carboxylic acids is 2. The van der Waals surface area contributed by atoms with Crippen LogP contribution in [0, 0.1) is 11.8 Å². The van der Waals surface area contributed by atoms with E-state index in [1.807, 2.05) is 0 Å². The number of ether oxygens (including phenoxy) is 2. The zero-order chi connectivity index (χ0) is 31.0. The molecule has 0 fully saturated rings. The molecule has 42 heavy (non-hydrogen) atoms. The lowest BCUT2D eigenvalue weighted by Gasteiger charge is -2.12. The molecule has 0 aliphatic carbocycles. The van der Waals surface area contributed by atoms with Gasteiger partial charge in [0.2, 0.25) is 0 Å². The van der Waals surface area contributed by atoms with E-state index in [2.05, 4.69) is 13.8 Å². The first kappa shape index (κ1) is 37.8. The topological polar surface area (TPSA) is 127 Å². The van der Waals surface area contributed by atoms with Crippen LogP contribution in [0.5, 0.6) is 0 Å². The molecular weight excluding hydrogens is 576 g/mol. The second kappa shape index (κ2) is 24.3. The Hall–Kier alpha value is -2.20. The van der Waals surface area contributed by atoms with E-state index < -0.39 is 23.9 Å². The van der Waals surface area contributed by atoms with E-state index in [1.165, 1.54) is 0 Å². The van der Waals surface area contributed by atoms with Crippen LogP contribution in [0.1, 0.15) is 112 Å². The van der Waals surface area contributed by atoms with Gasteiger partial charge in [-0.3, -0.25) is 9.59 Å². The van der Waals surface area contributed by atoms with Gasteiger partial charge in [0.05, 0.1) is 36.2 Å². The first-order valence-corrected chi connectivity index (χ1v) is 17.7. The van der Waals surface area contributed by atoms with E-state index >= 15 is 0 Å². The van der Waals surface area contributed by atoms with Crippen LogP contribution in [-0.2, 0) is 19.1 Å². The fourth-order valence-corrected chi connectivity index (χ4v) is 6.32. The summed E-state index contributed by atoms with van der Waals surface area (Å²) in [5.41, 5.74) is 0.340. The van der Waals surface area contributed by atoms with Gasteiger partial charge >= 0.3 is 23.9 Å². The summed E-state index contributed by atoms with van der Waals surface area (Å²) in [4.78, 5) is 48.1. The van der Waals surface area contributed by atoms with Crippen molar-refractivity contribution < 1.29 is 38.9 Å². The highest BCUT2D eigenvalue weighted by Crippen LogP contribution is 2.19. The molecular formula is C32H50O8S2. The first-order chi connectivity index (χ1) is 20.3. The average Bonchev–Trinajstić information content (AvgIpc) is 2.97. The van der Waals surface area contributed by atoms with Gasteiger partial charge in [-0.05, 0) is 73.7 Å². The third-order valence-electron chi connectivity index (χ3n) is 6.93. The number of rotatable bonds is 26. The van der Waals surface area contributed by atoms with Crippen LogP contribution >= 0.6 is 23.5 Å². The largest absolute Gasteiger partial charge is 0.481 e. The molecule has 0 aromatic heterocycles. The van der Waals surface area contributed by atoms with Gasteiger partial charge in [-0.1, -0.05) is 64.5 Å². The number of hydrogen-bond donors (Lipinski definition) is 2. The van der Waals surface area contributed by atoms with E-state index in [0.717, 1.165) is 74.4 Å². The summed E-state index contributed by atoms with van der Waals surface area (Å²) in [7, 11) is 0. The van der Waals surface area contributed by atoms with Crippen molar-refractivity contribution >= 4 is 47.4 Å². The molecule has 0 spiro atoms. The number of carbonyl (C=O) groups is 4. The molecule has 2 N–H and O–H groups in total. The number of unbranched alkanes of at least 4 members (excludes halogenated alkanes) is 4. The SMILES string of the molecule is CCCCCC(CCSCCCOC(=O)c1ccccc1C(=O)OCCCSCCC(CCCCC)C(=O)O)C(=O)O. The third-order valence-corrected chi connectivity index (χ3v) is 9.13. The van der Waals surface area contributed by atoms with Crippen LogP contribution < -0.4 is 0 Å². The lowest BCUT2D eigenvalue weighted by Crippen LogP contribution is -2.16. The Kier molecular flexibility index (Phi) is 21.9. The van der Waals surface area contributed by atoms with Gasteiger partial charge in [0.25, 0.3) is 0 Å². The van der Waals surface area contributed by atoms with Crippen LogP contribution in [0.25, 0.3) is 0 Å². The molecule has 0 saturated carbocycles. The number of hydrogen-bond acceptors (Lipinski definition) is 8. The van der Waals surface area contributed by atoms with Gasteiger partial charge in [-0.25, -0.2) is 9.59 Å². The highest BCUT2D eigenvalue weighted by molar-refractivity contribution is 7.99. The molecule has 1 rings (SSSR count). The van der Waals surface area contributed by atoms with Crippen molar-refractivity contribution in [1.82, 2.24) is 0 Å². The summed E-state index contributed by atoms with van der Waals surface area (Å²) in [5, 5.41) is 18.8. The minimum atomic E-state index is -0.726. The summed E-state index contributed by atoms with van der Waals surface area (Å²) in [6.45, 7) is 4.63. The Bertz CT molecular complexity index is 851. The van der Waals surface area contributed by atoms with E-state index in [9.17, 15) is 29.4 Å². The summed E-state index contributed by atoms with van der Waals surface area (Å²) >= 11 is 3.32. The molecule has 0 saturated heterocycles. The number of thioether (sulfide) groups is 2. The molecule has 2 unspecified atom stereocenters. The third kappa shape index (κ3) is 17.0. The number of carboxylic acids is 2. The molecule has 0 aliphatic rings. The highest BCUT2D eigenvalue weighted by atomic mass is 32.2. The van der Waals surface area contributed by atoms with Crippen LogP contribution in [-0.4, -0.2) is 70.3 Å². The molecule has 0 radical (unpaired) electrons. The van der Waals surface area contributed by atoms with Gasteiger partial charge in [-0.15, -0.1) is 0 Å². The smallest absolute Gasteiger partial charge is 0.339 e. The van der Waals surface area contributed by atoms with E-state index in [0.29, 0.717) is 25.7 Å². The molecule has 0 amide bonds. The van der Waals surface area contributed by atoms with Crippen LogP contribution in [0.2, 0.25) is 0 Å².